The fourth-order valence-electron chi connectivity index (χ4n) is 4.33. The van der Waals surface area contributed by atoms with Crippen molar-refractivity contribution in [3.8, 4) is 5.69 Å². The van der Waals surface area contributed by atoms with Crippen LogP contribution >= 0.6 is 0 Å². The molecule has 0 amide bonds. The van der Waals surface area contributed by atoms with Gasteiger partial charge >= 0.3 is 0 Å². The van der Waals surface area contributed by atoms with Crippen molar-refractivity contribution in [2.24, 2.45) is 0 Å². The van der Waals surface area contributed by atoms with E-state index in [9.17, 15) is 9.59 Å². The predicted molar refractivity (Wildman–Crippen MR) is 131 cm³/mol. The number of hydrogen-bond acceptors (Lipinski definition) is 4. The third-order valence-electron chi connectivity index (χ3n) is 6.24. The summed E-state index contributed by atoms with van der Waals surface area (Å²) in [5.41, 5.74) is 4.05. The molecule has 0 spiro atoms. The number of rotatable bonds is 9. The van der Waals surface area contributed by atoms with Crippen molar-refractivity contribution in [3.63, 3.8) is 0 Å². The number of fused-ring (bicyclic) bond motifs is 1. The molecule has 1 atom stereocenters. The maximum atomic E-state index is 13.1. The summed E-state index contributed by atoms with van der Waals surface area (Å²) in [5.74, 6) is 0.584. The van der Waals surface area contributed by atoms with E-state index in [1.807, 2.05) is 62.4 Å². The molecule has 170 valence electrons. The largest absolute Gasteiger partial charge is 0.300 e. The minimum Gasteiger partial charge on any atom is -0.300 e. The molecule has 1 unspecified atom stereocenters. The van der Waals surface area contributed by atoms with Crippen LogP contribution in [0.4, 0.5) is 0 Å². The summed E-state index contributed by atoms with van der Waals surface area (Å²) in [4.78, 5) is 25.5. The first-order valence-corrected chi connectivity index (χ1v) is 11.5. The third-order valence-corrected chi connectivity index (χ3v) is 6.24. The Kier molecular flexibility index (Phi) is 6.82. The van der Waals surface area contributed by atoms with Crippen LogP contribution in [0.5, 0.6) is 0 Å². The summed E-state index contributed by atoms with van der Waals surface area (Å²) in [6.45, 7) is 6.42. The van der Waals surface area contributed by atoms with Gasteiger partial charge in [0, 0.05) is 19.4 Å². The van der Waals surface area contributed by atoms with Crippen molar-refractivity contribution in [2.45, 2.75) is 58.9 Å². The van der Waals surface area contributed by atoms with E-state index in [0.29, 0.717) is 37.2 Å². The molecule has 0 radical (unpaired) electrons. The minimum absolute atomic E-state index is 0.210. The number of hydrogen-bond donors (Lipinski definition) is 0. The number of benzene rings is 2. The quantitative estimate of drug-likeness (QED) is 0.360. The Labute approximate surface area is 193 Å². The van der Waals surface area contributed by atoms with Crippen LogP contribution in [0, 0.1) is 13.8 Å². The second-order valence-corrected chi connectivity index (χ2v) is 8.66. The number of aromatic nitrogens is 4. The molecule has 0 bridgehead atoms. The highest BCUT2D eigenvalue weighted by Crippen LogP contribution is 2.22. The Balaban J connectivity index is 1.41. The van der Waals surface area contributed by atoms with Crippen LogP contribution in [0.1, 0.15) is 55.5 Å². The van der Waals surface area contributed by atoms with Gasteiger partial charge in [0.1, 0.15) is 5.78 Å². The Morgan fingerprint density at radius 3 is 2.30 bits per heavy atom. The van der Waals surface area contributed by atoms with Gasteiger partial charge in [-0.1, -0.05) is 55.5 Å². The number of carbonyl (C=O) groups is 1. The van der Waals surface area contributed by atoms with E-state index in [1.165, 1.54) is 10.2 Å². The Hall–Kier alpha value is -3.54. The monoisotopic (exact) mass is 442 g/mol. The Morgan fingerprint density at radius 2 is 1.61 bits per heavy atom. The predicted octanol–water partition coefficient (Wildman–Crippen LogP) is 5.13. The van der Waals surface area contributed by atoms with E-state index in [2.05, 4.69) is 29.3 Å². The molecule has 33 heavy (non-hydrogen) atoms. The van der Waals surface area contributed by atoms with Gasteiger partial charge in [-0.05, 0) is 50.3 Å². The standard InChI is InChI=1S/C27H30N4O2/c1-19(22-11-6-4-7-12-22)16-17-24(32)15-10-18-30-27(33)26-25(20(2)28-30)21(3)31(29-26)23-13-8-5-9-14-23/h4-9,11-14,19H,10,15-18H2,1-3H3. The van der Waals surface area contributed by atoms with E-state index in [1.54, 1.807) is 4.68 Å². The van der Waals surface area contributed by atoms with Gasteiger partial charge < -0.3 is 0 Å². The molecular weight excluding hydrogens is 412 g/mol. The zero-order valence-corrected chi connectivity index (χ0v) is 19.5. The van der Waals surface area contributed by atoms with Crippen LogP contribution in [0.15, 0.2) is 65.5 Å². The average Bonchev–Trinajstić information content (AvgIpc) is 3.19. The topological polar surface area (TPSA) is 69.8 Å². The first kappa shape index (κ1) is 22.6. The lowest BCUT2D eigenvalue weighted by molar-refractivity contribution is -0.119. The normalized spacial score (nSPS) is 12.2. The van der Waals surface area contributed by atoms with Crippen LogP contribution in [0.2, 0.25) is 0 Å². The molecular formula is C27H30N4O2. The summed E-state index contributed by atoms with van der Waals surface area (Å²) >= 11 is 0. The highest BCUT2D eigenvalue weighted by atomic mass is 16.1. The highest BCUT2D eigenvalue weighted by molar-refractivity contribution is 5.83. The summed E-state index contributed by atoms with van der Waals surface area (Å²) in [6, 6.07) is 20.0. The van der Waals surface area contributed by atoms with Gasteiger partial charge in [-0.3, -0.25) is 9.59 Å². The van der Waals surface area contributed by atoms with E-state index in [0.717, 1.165) is 28.9 Å². The first-order valence-electron chi connectivity index (χ1n) is 11.5. The van der Waals surface area contributed by atoms with Crippen molar-refractivity contribution < 1.29 is 4.79 Å². The lowest BCUT2D eigenvalue weighted by atomic mass is 9.94. The van der Waals surface area contributed by atoms with Crippen molar-refractivity contribution in [1.29, 1.82) is 0 Å². The minimum atomic E-state index is -0.210. The van der Waals surface area contributed by atoms with Gasteiger partial charge in [-0.25, -0.2) is 9.36 Å². The average molecular weight is 443 g/mol. The van der Waals surface area contributed by atoms with Crippen LogP contribution in [0.25, 0.3) is 16.6 Å². The molecule has 4 aromatic rings. The number of para-hydroxylation sites is 1. The number of Topliss-reactive ketones (excluding diaryl/α,β-unsaturated/α-hetero) is 1. The molecule has 0 aliphatic heterocycles. The summed E-state index contributed by atoms with van der Waals surface area (Å²) in [5, 5.41) is 9.92. The molecule has 2 aromatic carbocycles. The molecule has 0 N–H and O–H groups in total. The van der Waals surface area contributed by atoms with E-state index in [4.69, 9.17) is 0 Å². The zero-order valence-electron chi connectivity index (χ0n) is 19.5. The van der Waals surface area contributed by atoms with Crippen molar-refractivity contribution in [2.75, 3.05) is 0 Å². The fourth-order valence-corrected chi connectivity index (χ4v) is 4.33. The molecule has 6 nitrogen and oxygen atoms in total. The molecule has 4 rings (SSSR count). The molecule has 0 saturated heterocycles. The smallest absolute Gasteiger partial charge is 0.295 e. The van der Waals surface area contributed by atoms with Gasteiger partial charge in [-0.15, -0.1) is 0 Å². The molecule has 0 saturated carbocycles. The number of ketones is 1. The lowest BCUT2D eigenvalue weighted by Gasteiger charge is -2.11. The maximum absolute atomic E-state index is 13.1. The summed E-state index contributed by atoms with van der Waals surface area (Å²) < 4.78 is 3.25. The van der Waals surface area contributed by atoms with Crippen LogP contribution in [-0.2, 0) is 11.3 Å². The van der Waals surface area contributed by atoms with E-state index < -0.39 is 0 Å². The molecule has 0 aliphatic rings. The van der Waals surface area contributed by atoms with Crippen molar-refractivity contribution in [3.05, 3.63) is 88.0 Å². The zero-order chi connectivity index (χ0) is 23.4. The second kappa shape index (κ2) is 9.94. The second-order valence-electron chi connectivity index (χ2n) is 8.66. The van der Waals surface area contributed by atoms with Gasteiger partial charge in [0.2, 0.25) is 0 Å². The summed E-state index contributed by atoms with van der Waals surface area (Å²) in [7, 11) is 0. The third kappa shape index (κ3) is 4.95. The molecule has 2 heterocycles. The Bertz CT molecular complexity index is 1310. The van der Waals surface area contributed by atoms with Crippen LogP contribution in [0.3, 0.4) is 0 Å². The number of nitrogens with zero attached hydrogens (tertiary/aromatic N) is 4. The van der Waals surface area contributed by atoms with Gasteiger partial charge in [0.15, 0.2) is 5.52 Å². The number of aryl methyl sites for hydroxylation is 3. The van der Waals surface area contributed by atoms with Gasteiger partial charge in [-0.2, -0.15) is 10.2 Å². The van der Waals surface area contributed by atoms with Crippen molar-refractivity contribution >= 4 is 16.7 Å². The maximum Gasteiger partial charge on any atom is 0.295 e. The molecule has 6 heteroatoms. The molecule has 0 aliphatic carbocycles. The van der Waals surface area contributed by atoms with E-state index in [-0.39, 0.29) is 11.3 Å². The molecule has 2 aromatic heterocycles. The van der Waals surface area contributed by atoms with E-state index >= 15 is 0 Å². The van der Waals surface area contributed by atoms with Crippen molar-refractivity contribution in [1.82, 2.24) is 19.6 Å². The van der Waals surface area contributed by atoms with Crippen LogP contribution in [-0.4, -0.2) is 25.3 Å². The molecule has 0 fully saturated rings. The lowest BCUT2D eigenvalue weighted by Crippen LogP contribution is -2.24. The number of carbonyl (C=O) groups excluding carboxylic acids is 1. The van der Waals surface area contributed by atoms with Gasteiger partial charge in [0.25, 0.3) is 5.56 Å². The summed E-state index contributed by atoms with van der Waals surface area (Å²) in [6.07, 6.45) is 2.43. The SMILES string of the molecule is Cc1nn(CCCC(=O)CCC(C)c2ccccc2)c(=O)c2nn(-c3ccccc3)c(C)c12. The highest BCUT2D eigenvalue weighted by Gasteiger charge is 2.17. The Morgan fingerprint density at radius 1 is 0.939 bits per heavy atom. The van der Waals surface area contributed by atoms with Crippen LogP contribution < -0.4 is 5.56 Å². The fraction of sp³-hybridized carbons (Fsp3) is 0.333. The van der Waals surface area contributed by atoms with Gasteiger partial charge in [0.05, 0.1) is 22.5 Å². The first-order chi connectivity index (χ1) is 16.0.